The zero-order valence-electron chi connectivity index (χ0n) is 8.42. The van der Waals surface area contributed by atoms with Crippen LogP contribution in [0.15, 0.2) is 12.1 Å². The molecule has 1 atom stereocenters. The monoisotopic (exact) mass is 248 g/mol. The molecule has 0 aromatic heterocycles. The number of nitrogens with two attached hydrogens (primary N) is 1. The van der Waals surface area contributed by atoms with E-state index in [0.29, 0.717) is 10.8 Å². The minimum absolute atomic E-state index is 0. The molecule has 5 heteroatoms. The first-order valence-electron chi connectivity index (χ1n) is 4.59. The van der Waals surface area contributed by atoms with Gasteiger partial charge < -0.3 is 15.8 Å². The predicted molar refractivity (Wildman–Crippen MR) is 65.3 cm³/mol. The zero-order valence-corrected chi connectivity index (χ0v) is 9.99. The Labute approximate surface area is 100 Å². The Bertz CT molecular complexity index is 358. The lowest BCUT2D eigenvalue weighted by atomic mass is 9.98. The van der Waals surface area contributed by atoms with Crippen LogP contribution in [0.2, 0.25) is 5.02 Å². The van der Waals surface area contributed by atoms with Gasteiger partial charge in [0.1, 0.15) is 5.75 Å². The van der Waals surface area contributed by atoms with E-state index in [4.69, 9.17) is 22.1 Å². The van der Waals surface area contributed by atoms with Gasteiger partial charge in [0.15, 0.2) is 0 Å². The predicted octanol–water partition coefficient (Wildman–Crippen LogP) is 2.59. The molecule has 3 N–H and O–H groups in total. The summed E-state index contributed by atoms with van der Waals surface area (Å²) in [5, 5.41) is 3.89. The fourth-order valence-electron chi connectivity index (χ4n) is 1.70. The molecule has 0 amide bonds. The molecular formula is C10H14Cl2N2O. The van der Waals surface area contributed by atoms with E-state index in [2.05, 4.69) is 5.32 Å². The average molecular weight is 249 g/mol. The van der Waals surface area contributed by atoms with Gasteiger partial charge in [-0.1, -0.05) is 11.6 Å². The second-order valence-electron chi connectivity index (χ2n) is 3.40. The van der Waals surface area contributed by atoms with Crippen molar-refractivity contribution in [1.29, 1.82) is 0 Å². The summed E-state index contributed by atoms with van der Waals surface area (Å²) in [6.07, 6.45) is 0.940. The summed E-state index contributed by atoms with van der Waals surface area (Å²) in [5.74, 6) is 0.687. The lowest BCUT2D eigenvalue weighted by molar-refractivity contribution is 0.414. The number of fused-ring (bicyclic) bond motifs is 1. The number of rotatable bonds is 1. The maximum absolute atomic E-state index is 6.02. The molecule has 1 aromatic rings. The Morgan fingerprint density at radius 2 is 2.27 bits per heavy atom. The molecule has 0 bridgehead atoms. The summed E-state index contributed by atoms with van der Waals surface area (Å²) in [7, 11) is 1.61. The van der Waals surface area contributed by atoms with Crippen molar-refractivity contribution in [3.63, 3.8) is 0 Å². The van der Waals surface area contributed by atoms with Gasteiger partial charge in [-0.25, -0.2) is 0 Å². The summed E-state index contributed by atoms with van der Waals surface area (Å²) in [6.45, 7) is 0.902. The Morgan fingerprint density at radius 1 is 1.53 bits per heavy atom. The first-order chi connectivity index (χ1) is 6.72. The molecule has 0 saturated heterocycles. The fraction of sp³-hybridized carbons (Fsp3) is 0.400. The molecule has 0 aliphatic carbocycles. The van der Waals surface area contributed by atoms with E-state index < -0.39 is 0 Å². The van der Waals surface area contributed by atoms with Gasteiger partial charge in [0.25, 0.3) is 0 Å². The molecule has 0 saturated carbocycles. The Hall–Kier alpha value is -0.640. The molecule has 84 valence electrons. The number of anilines is 1. The number of hydrogen-bond acceptors (Lipinski definition) is 3. The SMILES string of the molecule is COc1cc2c(cc1Cl)C(N)CCN2.Cl. The highest BCUT2D eigenvalue weighted by atomic mass is 35.5. The Morgan fingerprint density at radius 3 is 2.93 bits per heavy atom. The zero-order chi connectivity index (χ0) is 10.1. The van der Waals surface area contributed by atoms with E-state index in [9.17, 15) is 0 Å². The van der Waals surface area contributed by atoms with Crippen molar-refractivity contribution in [3.05, 3.63) is 22.7 Å². The summed E-state index contributed by atoms with van der Waals surface area (Å²) in [4.78, 5) is 0. The van der Waals surface area contributed by atoms with Crippen LogP contribution in [-0.2, 0) is 0 Å². The minimum atomic E-state index is 0. The molecule has 1 aliphatic heterocycles. The second kappa shape index (κ2) is 4.92. The number of hydrogen-bond donors (Lipinski definition) is 2. The number of methoxy groups -OCH3 is 1. The third kappa shape index (κ3) is 2.30. The Kier molecular flexibility index (Phi) is 4.08. The summed E-state index contributed by atoms with van der Waals surface area (Å²) in [5.41, 5.74) is 8.07. The van der Waals surface area contributed by atoms with E-state index in [1.807, 2.05) is 12.1 Å². The topological polar surface area (TPSA) is 47.3 Å². The summed E-state index contributed by atoms with van der Waals surface area (Å²) >= 11 is 6.02. The number of ether oxygens (including phenoxy) is 1. The molecular weight excluding hydrogens is 235 g/mol. The molecule has 1 heterocycles. The van der Waals surface area contributed by atoms with Crippen LogP contribution in [-0.4, -0.2) is 13.7 Å². The molecule has 2 rings (SSSR count). The molecule has 0 spiro atoms. The minimum Gasteiger partial charge on any atom is -0.495 e. The third-order valence-electron chi connectivity index (χ3n) is 2.49. The molecule has 3 nitrogen and oxygen atoms in total. The van der Waals surface area contributed by atoms with Crippen molar-refractivity contribution in [3.8, 4) is 5.75 Å². The first-order valence-corrected chi connectivity index (χ1v) is 4.97. The summed E-state index contributed by atoms with van der Waals surface area (Å²) in [6, 6.07) is 3.86. The van der Waals surface area contributed by atoms with E-state index >= 15 is 0 Å². The number of benzene rings is 1. The van der Waals surface area contributed by atoms with Gasteiger partial charge in [0.05, 0.1) is 12.1 Å². The number of halogens is 2. The van der Waals surface area contributed by atoms with Crippen LogP contribution in [0.5, 0.6) is 5.75 Å². The number of nitrogens with one attached hydrogen (secondary N) is 1. The van der Waals surface area contributed by atoms with Crippen LogP contribution in [0.1, 0.15) is 18.0 Å². The van der Waals surface area contributed by atoms with Crippen molar-refractivity contribution in [2.75, 3.05) is 19.0 Å². The molecule has 0 radical (unpaired) electrons. The third-order valence-corrected chi connectivity index (χ3v) is 2.79. The molecule has 1 aromatic carbocycles. The van der Waals surface area contributed by atoms with Gasteiger partial charge >= 0.3 is 0 Å². The van der Waals surface area contributed by atoms with Gasteiger partial charge in [0, 0.05) is 24.3 Å². The standard InChI is InChI=1S/C10H13ClN2O.ClH/c1-14-10-5-9-6(4-7(10)11)8(12)2-3-13-9;/h4-5,8,13H,2-3,12H2,1H3;1H. The Balaban J connectivity index is 0.00000112. The maximum atomic E-state index is 6.02. The van der Waals surface area contributed by atoms with Crippen molar-refractivity contribution in [2.45, 2.75) is 12.5 Å². The van der Waals surface area contributed by atoms with Crippen LogP contribution in [0.25, 0.3) is 0 Å². The lowest BCUT2D eigenvalue weighted by Crippen LogP contribution is -2.22. The maximum Gasteiger partial charge on any atom is 0.139 e. The van der Waals surface area contributed by atoms with E-state index in [-0.39, 0.29) is 18.4 Å². The molecule has 0 fully saturated rings. The average Bonchev–Trinajstić information content (AvgIpc) is 2.19. The van der Waals surface area contributed by atoms with Crippen LogP contribution < -0.4 is 15.8 Å². The van der Waals surface area contributed by atoms with E-state index in [0.717, 1.165) is 24.2 Å². The molecule has 1 aliphatic rings. The van der Waals surface area contributed by atoms with Crippen LogP contribution >= 0.6 is 24.0 Å². The van der Waals surface area contributed by atoms with Crippen LogP contribution in [0, 0.1) is 0 Å². The van der Waals surface area contributed by atoms with Crippen LogP contribution in [0.3, 0.4) is 0 Å². The van der Waals surface area contributed by atoms with Gasteiger partial charge in [-0.15, -0.1) is 12.4 Å². The first kappa shape index (κ1) is 12.4. The molecule has 1 unspecified atom stereocenters. The fourth-order valence-corrected chi connectivity index (χ4v) is 1.95. The lowest BCUT2D eigenvalue weighted by Gasteiger charge is -2.24. The second-order valence-corrected chi connectivity index (χ2v) is 3.80. The van der Waals surface area contributed by atoms with Gasteiger partial charge in [-0.3, -0.25) is 0 Å². The van der Waals surface area contributed by atoms with Crippen molar-refractivity contribution < 1.29 is 4.74 Å². The highest BCUT2D eigenvalue weighted by molar-refractivity contribution is 6.32. The van der Waals surface area contributed by atoms with Crippen molar-refractivity contribution >= 4 is 29.7 Å². The normalized spacial score (nSPS) is 18.5. The largest absolute Gasteiger partial charge is 0.495 e. The molecule has 15 heavy (non-hydrogen) atoms. The smallest absolute Gasteiger partial charge is 0.139 e. The highest BCUT2D eigenvalue weighted by Crippen LogP contribution is 2.36. The van der Waals surface area contributed by atoms with E-state index in [1.54, 1.807) is 7.11 Å². The van der Waals surface area contributed by atoms with Gasteiger partial charge in [-0.2, -0.15) is 0 Å². The van der Waals surface area contributed by atoms with Crippen LogP contribution in [0.4, 0.5) is 5.69 Å². The quantitative estimate of drug-likeness (QED) is 0.804. The van der Waals surface area contributed by atoms with Crippen molar-refractivity contribution in [2.24, 2.45) is 5.73 Å². The van der Waals surface area contributed by atoms with E-state index in [1.165, 1.54) is 0 Å². The van der Waals surface area contributed by atoms with Crippen molar-refractivity contribution in [1.82, 2.24) is 0 Å². The summed E-state index contributed by atoms with van der Waals surface area (Å²) < 4.78 is 5.13. The highest BCUT2D eigenvalue weighted by Gasteiger charge is 2.18. The van der Waals surface area contributed by atoms with Gasteiger partial charge in [0.2, 0.25) is 0 Å². The van der Waals surface area contributed by atoms with Gasteiger partial charge in [-0.05, 0) is 18.1 Å².